The number of nitrogens with one attached hydrogen (secondary N) is 1. The number of nitrogens with zero attached hydrogens (tertiary/aromatic N) is 2. The lowest BCUT2D eigenvalue weighted by Crippen LogP contribution is -2.49. The molecular formula is C46H49N3O6S. The van der Waals surface area contributed by atoms with Gasteiger partial charge in [-0.2, -0.15) is 8.42 Å². The van der Waals surface area contributed by atoms with Gasteiger partial charge in [0.2, 0.25) is 5.91 Å². The summed E-state index contributed by atoms with van der Waals surface area (Å²) in [4.78, 5) is 35.5. The minimum absolute atomic E-state index is 0.0154. The average Bonchev–Trinajstić information content (AvgIpc) is 3.56. The highest BCUT2D eigenvalue weighted by Crippen LogP contribution is 2.51. The Balaban J connectivity index is 1.32. The summed E-state index contributed by atoms with van der Waals surface area (Å²) >= 11 is 0. The Morgan fingerprint density at radius 3 is 2.18 bits per heavy atom. The number of carbonyl (C=O) groups excluding carboxylic acids is 2. The third-order valence-corrected chi connectivity index (χ3v) is 12.2. The third-order valence-electron chi connectivity index (χ3n) is 11.5. The Morgan fingerprint density at radius 1 is 0.857 bits per heavy atom. The SMILES string of the molecule is CCOC(=O)C1(C(=O)NCCS(=O)(=O)O)CC(/C=C/C2=Nc3ccc4ccccc4c3C2(C)C)=CC(=C/C=C2/N(CC)c3ccc4ccccc4c3C2(C)C)/C1. The van der Waals surface area contributed by atoms with Crippen molar-refractivity contribution in [2.75, 3.05) is 30.3 Å². The number of ether oxygens (including phenoxy) is 1. The minimum atomic E-state index is -4.35. The number of allylic oxidation sites excluding steroid dienone is 8. The molecule has 0 spiro atoms. The number of hydrogen-bond donors (Lipinski definition) is 2. The van der Waals surface area contributed by atoms with E-state index in [4.69, 9.17) is 9.73 Å². The Hall–Kier alpha value is -5.32. The number of likely N-dealkylation sites (N-methyl/N-ethyl adjacent to an activating group) is 1. The molecule has 1 amide bonds. The van der Waals surface area contributed by atoms with Crippen LogP contribution in [0.25, 0.3) is 21.5 Å². The standard InChI is InChI=1S/C46H49N3O6S/c1-7-49-37-22-20-33-14-10-12-16-35(33)41(37)45(5,6)39(49)24-18-31-27-30(28-46(29-31,43(51)55-8-2)42(50)47-25-26-56(52,53)54)17-23-38-44(3,4)40-34-15-11-9-13-32(34)19-21-36(40)48-38/h9-24,27H,7-8,25-26,28-29H2,1-6H3,(H,47,50)(H,52,53,54)/b23-17+,31-18-,39-24+. The summed E-state index contributed by atoms with van der Waals surface area (Å²) in [5.41, 5.74) is 5.34. The van der Waals surface area contributed by atoms with Crippen molar-refractivity contribution in [3.05, 3.63) is 131 Å². The molecule has 2 heterocycles. The summed E-state index contributed by atoms with van der Waals surface area (Å²) in [5.74, 6) is -2.05. The highest BCUT2D eigenvalue weighted by molar-refractivity contribution is 7.85. The van der Waals surface area contributed by atoms with E-state index in [0.29, 0.717) is 5.57 Å². The number of anilines is 1. The van der Waals surface area contributed by atoms with E-state index in [-0.39, 0.29) is 31.4 Å². The van der Waals surface area contributed by atoms with Crippen molar-refractivity contribution in [1.82, 2.24) is 5.32 Å². The molecule has 56 heavy (non-hydrogen) atoms. The van der Waals surface area contributed by atoms with E-state index in [1.165, 1.54) is 16.3 Å². The fourth-order valence-electron chi connectivity index (χ4n) is 8.84. The highest BCUT2D eigenvalue weighted by Gasteiger charge is 2.50. The van der Waals surface area contributed by atoms with Crippen LogP contribution in [0.3, 0.4) is 0 Å². The van der Waals surface area contributed by atoms with E-state index in [1.807, 2.05) is 48.6 Å². The number of benzene rings is 4. The van der Waals surface area contributed by atoms with Crippen LogP contribution >= 0.6 is 0 Å². The van der Waals surface area contributed by atoms with Crippen LogP contribution in [0.4, 0.5) is 11.4 Å². The van der Waals surface area contributed by atoms with Gasteiger partial charge < -0.3 is 15.0 Å². The second-order valence-corrected chi connectivity index (χ2v) is 17.5. The molecule has 290 valence electrons. The maximum atomic E-state index is 14.2. The Kier molecular flexibility index (Phi) is 10.2. The first-order valence-corrected chi connectivity index (χ1v) is 20.8. The van der Waals surface area contributed by atoms with Crippen LogP contribution in [0, 0.1) is 5.41 Å². The lowest BCUT2D eigenvalue weighted by molar-refractivity contribution is -0.161. The predicted molar refractivity (Wildman–Crippen MR) is 225 cm³/mol. The van der Waals surface area contributed by atoms with Gasteiger partial charge in [0.1, 0.15) is 0 Å². The summed E-state index contributed by atoms with van der Waals surface area (Å²) in [6.07, 6.45) is 10.0. The molecule has 4 aromatic rings. The number of esters is 1. The van der Waals surface area contributed by atoms with Gasteiger partial charge in [0.15, 0.2) is 5.41 Å². The van der Waals surface area contributed by atoms with E-state index in [1.54, 1.807) is 6.92 Å². The Labute approximate surface area is 329 Å². The summed E-state index contributed by atoms with van der Waals surface area (Å²) in [5, 5.41) is 7.28. The molecule has 7 rings (SSSR count). The van der Waals surface area contributed by atoms with E-state index in [2.05, 4.69) is 99.4 Å². The molecule has 0 saturated carbocycles. The molecule has 1 atom stereocenters. The first kappa shape index (κ1) is 38.9. The normalized spacial score (nSPS) is 21.4. The number of hydrogen-bond acceptors (Lipinski definition) is 7. The van der Waals surface area contributed by atoms with Crippen molar-refractivity contribution < 1.29 is 27.3 Å². The van der Waals surface area contributed by atoms with Gasteiger partial charge >= 0.3 is 5.97 Å². The molecule has 0 radical (unpaired) electrons. The Morgan fingerprint density at radius 2 is 1.52 bits per heavy atom. The van der Waals surface area contributed by atoms with Crippen molar-refractivity contribution in [2.24, 2.45) is 10.4 Å². The lowest BCUT2D eigenvalue weighted by atomic mass is 9.70. The van der Waals surface area contributed by atoms with Crippen LogP contribution in [-0.4, -0.2) is 56.0 Å². The molecule has 3 aliphatic rings. The van der Waals surface area contributed by atoms with Gasteiger partial charge in [-0.15, -0.1) is 0 Å². The summed E-state index contributed by atoms with van der Waals surface area (Å²) in [7, 11) is -4.35. The number of amides is 1. The predicted octanol–water partition coefficient (Wildman–Crippen LogP) is 8.81. The van der Waals surface area contributed by atoms with Crippen molar-refractivity contribution in [1.29, 1.82) is 0 Å². The molecule has 1 unspecified atom stereocenters. The molecule has 2 N–H and O–H groups in total. The molecule has 9 nitrogen and oxygen atoms in total. The van der Waals surface area contributed by atoms with E-state index in [0.717, 1.165) is 51.2 Å². The van der Waals surface area contributed by atoms with Gasteiger partial charge in [0.25, 0.3) is 10.1 Å². The van der Waals surface area contributed by atoms with Crippen molar-refractivity contribution in [2.45, 2.75) is 65.2 Å². The quantitative estimate of drug-likeness (QED) is 0.0938. The molecule has 4 aromatic carbocycles. The maximum absolute atomic E-state index is 14.2. The van der Waals surface area contributed by atoms with E-state index in [9.17, 15) is 22.6 Å². The molecule has 0 fully saturated rings. The zero-order valence-corrected chi connectivity index (χ0v) is 33.7. The average molecular weight is 772 g/mol. The van der Waals surface area contributed by atoms with Gasteiger partial charge in [-0.3, -0.25) is 19.1 Å². The van der Waals surface area contributed by atoms with Crippen LogP contribution in [0.1, 0.15) is 65.5 Å². The van der Waals surface area contributed by atoms with Gasteiger partial charge in [0.05, 0.1) is 23.8 Å². The largest absolute Gasteiger partial charge is 0.465 e. The van der Waals surface area contributed by atoms with Crippen LogP contribution < -0.4 is 10.2 Å². The first-order chi connectivity index (χ1) is 26.6. The van der Waals surface area contributed by atoms with Gasteiger partial charge in [0, 0.05) is 35.3 Å². The number of fused-ring (bicyclic) bond motifs is 6. The maximum Gasteiger partial charge on any atom is 0.322 e. The summed E-state index contributed by atoms with van der Waals surface area (Å²) < 4.78 is 38.1. The fourth-order valence-corrected chi connectivity index (χ4v) is 9.20. The van der Waals surface area contributed by atoms with E-state index >= 15 is 0 Å². The fraction of sp³-hybridized carbons (Fsp3) is 0.326. The summed E-state index contributed by atoms with van der Waals surface area (Å²) in [6, 6.07) is 25.1. The molecule has 2 aliphatic heterocycles. The molecule has 0 bridgehead atoms. The molecule has 0 aromatic heterocycles. The highest BCUT2D eigenvalue weighted by atomic mass is 32.2. The molecule has 1 aliphatic carbocycles. The summed E-state index contributed by atoms with van der Waals surface area (Å²) in [6.45, 7) is 13.0. The Bertz CT molecular complexity index is 2540. The van der Waals surface area contributed by atoms with Crippen LogP contribution in [0.15, 0.2) is 125 Å². The van der Waals surface area contributed by atoms with Gasteiger partial charge in [-0.05, 0) is 94.8 Å². The van der Waals surface area contributed by atoms with Crippen LogP contribution in [0.2, 0.25) is 0 Å². The third kappa shape index (κ3) is 6.90. The van der Waals surface area contributed by atoms with Crippen LogP contribution in [0.5, 0.6) is 0 Å². The zero-order chi connectivity index (χ0) is 40.0. The zero-order valence-electron chi connectivity index (χ0n) is 32.8. The van der Waals surface area contributed by atoms with Crippen molar-refractivity contribution in [3.63, 3.8) is 0 Å². The molecular weight excluding hydrogens is 723 g/mol. The second-order valence-electron chi connectivity index (χ2n) is 15.9. The van der Waals surface area contributed by atoms with Crippen LogP contribution in [-0.2, 0) is 35.3 Å². The topological polar surface area (TPSA) is 125 Å². The first-order valence-electron chi connectivity index (χ1n) is 19.2. The number of aliphatic imine (C=N–C) groups is 1. The number of rotatable bonds is 10. The second kappa shape index (κ2) is 14.6. The van der Waals surface area contributed by atoms with Crippen molar-refractivity contribution in [3.8, 4) is 0 Å². The lowest BCUT2D eigenvalue weighted by Gasteiger charge is -2.34. The van der Waals surface area contributed by atoms with Gasteiger partial charge in [-0.25, -0.2) is 0 Å². The monoisotopic (exact) mass is 771 g/mol. The van der Waals surface area contributed by atoms with Crippen molar-refractivity contribution >= 4 is 60.6 Å². The minimum Gasteiger partial charge on any atom is -0.465 e. The molecule has 0 saturated heterocycles. The molecule has 10 heteroatoms. The number of carbonyl (C=O) groups is 2. The smallest absolute Gasteiger partial charge is 0.322 e. The van der Waals surface area contributed by atoms with Gasteiger partial charge in [-0.1, -0.05) is 107 Å². The van der Waals surface area contributed by atoms with E-state index < -0.39 is 38.6 Å².